The fourth-order valence-electron chi connectivity index (χ4n) is 0.618. The summed E-state index contributed by atoms with van der Waals surface area (Å²) >= 11 is -4.75. The van der Waals surface area contributed by atoms with E-state index < -0.39 is 14.2 Å². The second kappa shape index (κ2) is 4.46. The van der Waals surface area contributed by atoms with E-state index in [1.54, 1.807) is 0 Å². The Morgan fingerprint density at radius 2 is 2.08 bits per heavy atom. The number of aromatic nitrogens is 1. The standard InChI is InChI=1S/C5H7AsN2O3.Na/c7-5-3-4(1-2-8-5)6(9,10)11;/h1-3H,(H2,7,8)(H2,9,10,11);/q;+1. The molecule has 1 heterocycles. The second-order valence-electron chi connectivity index (χ2n) is 1.98. The van der Waals surface area contributed by atoms with Gasteiger partial charge in [-0.3, -0.25) is 0 Å². The maximum absolute atomic E-state index is 10.7. The van der Waals surface area contributed by atoms with E-state index in [0.717, 1.165) is 0 Å². The number of nitrogens with two attached hydrogens (primary N) is 1. The summed E-state index contributed by atoms with van der Waals surface area (Å²) in [5.74, 6) is 0.118. The van der Waals surface area contributed by atoms with Crippen molar-refractivity contribution in [1.82, 2.24) is 4.98 Å². The monoisotopic (exact) mass is 241 g/mol. The van der Waals surface area contributed by atoms with Gasteiger partial charge in [0.2, 0.25) is 0 Å². The van der Waals surface area contributed by atoms with Crippen molar-refractivity contribution in [3.05, 3.63) is 18.3 Å². The molecule has 12 heavy (non-hydrogen) atoms. The van der Waals surface area contributed by atoms with Gasteiger partial charge in [-0.25, -0.2) is 0 Å². The van der Waals surface area contributed by atoms with Crippen LogP contribution in [0, 0.1) is 0 Å². The molecule has 0 spiro atoms. The normalized spacial score (nSPS) is 10.5. The molecule has 0 unspecified atom stereocenters. The van der Waals surface area contributed by atoms with Crippen LogP contribution in [0.1, 0.15) is 0 Å². The zero-order valence-corrected chi connectivity index (χ0v) is 10.4. The molecule has 1 aromatic rings. The van der Waals surface area contributed by atoms with E-state index in [-0.39, 0.29) is 39.7 Å². The predicted molar refractivity (Wildman–Crippen MR) is 39.2 cm³/mol. The Morgan fingerprint density at radius 3 is 2.42 bits per heavy atom. The van der Waals surface area contributed by atoms with Crippen LogP contribution in [0.25, 0.3) is 0 Å². The molecule has 1 aromatic heterocycles. The molecule has 60 valence electrons. The van der Waals surface area contributed by atoms with Gasteiger partial charge in [-0.15, -0.1) is 0 Å². The number of anilines is 1. The van der Waals surface area contributed by atoms with Crippen LogP contribution in [0.15, 0.2) is 18.3 Å². The minimum Gasteiger partial charge on any atom is 1.00 e. The Bertz CT molecular complexity index is 313. The molecule has 0 atom stereocenters. The zero-order chi connectivity index (χ0) is 8.48. The van der Waals surface area contributed by atoms with Crippen LogP contribution in [0.2, 0.25) is 0 Å². The number of rotatable bonds is 1. The Kier molecular flexibility index (Phi) is 4.55. The summed E-state index contributed by atoms with van der Waals surface area (Å²) in [6, 6.07) is 2.44. The average molecular weight is 241 g/mol. The van der Waals surface area contributed by atoms with E-state index in [2.05, 4.69) is 4.98 Å². The molecule has 0 aliphatic carbocycles. The van der Waals surface area contributed by atoms with Crippen molar-refractivity contribution in [2.45, 2.75) is 0 Å². The van der Waals surface area contributed by atoms with Gasteiger partial charge < -0.3 is 0 Å². The van der Waals surface area contributed by atoms with Crippen LogP contribution in [0.3, 0.4) is 0 Å². The Hall–Kier alpha value is 0.228. The fourth-order valence-corrected chi connectivity index (χ4v) is 1.80. The van der Waals surface area contributed by atoms with E-state index in [1.807, 2.05) is 0 Å². The van der Waals surface area contributed by atoms with Crippen LogP contribution in [-0.2, 0) is 3.74 Å². The molecule has 7 heteroatoms. The molecule has 0 bridgehead atoms. The van der Waals surface area contributed by atoms with Gasteiger partial charge >= 0.3 is 94.9 Å². The zero-order valence-electron chi connectivity index (χ0n) is 6.51. The Morgan fingerprint density at radius 1 is 1.50 bits per heavy atom. The molecular formula is C5H7AsN2NaO3+. The minimum atomic E-state index is -4.75. The molecule has 4 N–H and O–H groups in total. The van der Waals surface area contributed by atoms with E-state index >= 15 is 0 Å². The molecule has 0 amide bonds. The van der Waals surface area contributed by atoms with E-state index in [9.17, 15) is 3.74 Å². The third-order valence-electron chi connectivity index (χ3n) is 1.10. The minimum absolute atomic E-state index is 0. The van der Waals surface area contributed by atoms with Crippen molar-refractivity contribution in [2.24, 2.45) is 0 Å². The Labute approximate surface area is 94.3 Å². The van der Waals surface area contributed by atoms with Gasteiger partial charge in [0.1, 0.15) is 0 Å². The fraction of sp³-hybridized carbons (Fsp3) is 0. The topological polar surface area (TPSA) is 96.4 Å². The van der Waals surface area contributed by atoms with Crippen LogP contribution >= 0.6 is 0 Å². The number of nitrogens with zero attached hydrogens (tertiary/aromatic N) is 1. The smallest absolute Gasteiger partial charge is 1.00 e. The average Bonchev–Trinajstić information content (AvgIpc) is 1.86. The largest absolute Gasteiger partial charge is 1.00 e. The summed E-state index contributed by atoms with van der Waals surface area (Å²) in [6.07, 6.45) is 1.27. The van der Waals surface area contributed by atoms with Crippen LogP contribution in [0.5, 0.6) is 0 Å². The molecule has 0 aliphatic rings. The van der Waals surface area contributed by atoms with E-state index in [4.69, 9.17) is 13.9 Å². The third kappa shape index (κ3) is 3.31. The summed E-state index contributed by atoms with van der Waals surface area (Å²) in [5, 5.41) is 0. The summed E-state index contributed by atoms with van der Waals surface area (Å²) in [5.41, 5.74) is 5.21. The first kappa shape index (κ1) is 12.2. The van der Waals surface area contributed by atoms with Crippen LogP contribution in [-0.4, -0.2) is 27.3 Å². The van der Waals surface area contributed by atoms with Crippen molar-refractivity contribution in [2.75, 3.05) is 5.73 Å². The molecule has 0 fully saturated rings. The predicted octanol–water partition coefficient (Wildman–Crippen LogP) is -4.77. The maximum Gasteiger partial charge on any atom is 1.00 e. The molecule has 5 nitrogen and oxygen atoms in total. The first-order valence-electron chi connectivity index (χ1n) is 2.78. The summed E-state index contributed by atoms with van der Waals surface area (Å²) in [7, 11) is 0. The van der Waals surface area contributed by atoms with Gasteiger partial charge in [0.25, 0.3) is 0 Å². The van der Waals surface area contributed by atoms with Crippen LogP contribution < -0.4 is 39.6 Å². The quantitative estimate of drug-likeness (QED) is 0.429. The van der Waals surface area contributed by atoms with Gasteiger partial charge in [0, 0.05) is 0 Å². The van der Waals surface area contributed by atoms with Crippen molar-refractivity contribution < 1.29 is 41.5 Å². The van der Waals surface area contributed by atoms with Crippen molar-refractivity contribution >= 4 is 24.3 Å². The van der Waals surface area contributed by atoms with E-state index in [1.165, 1.54) is 18.3 Å². The second-order valence-corrected chi connectivity index (χ2v) is 5.35. The number of nitrogen functional groups attached to an aromatic ring is 1. The van der Waals surface area contributed by atoms with Gasteiger partial charge in [-0.2, -0.15) is 0 Å². The maximum atomic E-state index is 10.7. The molecule has 0 aromatic carbocycles. The molecule has 0 saturated carbocycles. The summed E-state index contributed by atoms with van der Waals surface area (Å²) in [6.45, 7) is 0. The SMILES string of the molecule is Nc1cc([As](=O)(O)O)ccn1.[Na+]. The van der Waals surface area contributed by atoms with E-state index in [0.29, 0.717) is 0 Å². The van der Waals surface area contributed by atoms with Crippen molar-refractivity contribution in [3.8, 4) is 0 Å². The van der Waals surface area contributed by atoms with Crippen molar-refractivity contribution in [1.29, 1.82) is 0 Å². The van der Waals surface area contributed by atoms with Crippen LogP contribution in [0.4, 0.5) is 5.82 Å². The van der Waals surface area contributed by atoms with Crippen molar-refractivity contribution in [3.63, 3.8) is 0 Å². The van der Waals surface area contributed by atoms with Gasteiger partial charge in [-0.05, 0) is 0 Å². The Balaban J connectivity index is 0.00000121. The summed E-state index contributed by atoms with van der Waals surface area (Å²) in [4.78, 5) is 3.60. The number of hydrogen-bond donors (Lipinski definition) is 3. The van der Waals surface area contributed by atoms with Gasteiger partial charge in [-0.1, -0.05) is 0 Å². The number of pyridine rings is 1. The number of hydrogen-bond acceptors (Lipinski definition) is 3. The molecule has 0 aliphatic heterocycles. The molecular weight excluding hydrogens is 234 g/mol. The first-order chi connectivity index (χ1) is 5.00. The first-order valence-corrected chi connectivity index (χ1v) is 6.16. The molecule has 1 rings (SSSR count). The summed E-state index contributed by atoms with van der Waals surface area (Å²) < 4.78 is 28.0. The van der Waals surface area contributed by atoms with Gasteiger partial charge in [0.15, 0.2) is 0 Å². The molecule has 0 radical (unpaired) electrons. The molecule has 0 saturated heterocycles. The third-order valence-corrected chi connectivity index (χ3v) is 3.10. The van der Waals surface area contributed by atoms with Gasteiger partial charge in [0.05, 0.1) is 0 Å².